The normalized spacial score (nSPS) is 29.2. The van der Waals surface area contributed by atoms with Gasteiger partial charge in [-0.1, -0.05) is 26.2 Å². The maximum atomic E-state index is 10.7. The summed E-state index contributed by atoms with van der Waals surface area (Å²) < 4.78 is 0. The van der Waals surface area contributed by atoms with E-state index in [4.69, 9.17) is 0 Å². The molecular weight excluding hydrogens is 148 g/mol. The van der Waals surface area contributed by atoms with Crippen molar-refractivity contribution in [3.05, 3.63) is 0 Å². The van der Waals surface area contributed by atoms with Crippen LogP contribution in [0, 0.1) is 11.8 Å². The Morgan fingerprint density at radius 2 is 2.17 bits per heavy atom. The van der Waals surface area contributed by atoms with Crippen LogP contribution in [0.5, 0.6) is 0 Å². The van der Waals surface area contributed by atoms with E-state index in [1.54, 1.807) is 6.92 Å². The van der Waals surface area contributed by atoms with Crippen molar-refractivity contribution in [1.82, 2.24) is 0 Å². The molecular formula is C11H20O. The molecule has 0 spiro atoms. The third-order valence-electron chi connectivity index (χ3n) is 2.94. The highest BCUT2D eigenvalue weighted by Crippen LogP contribution is 2.33. The van der Waals surface area contributed by atoms with Crippen molar-refractivity contribution >= 4 is 5.78 Å². The van der Waals surface area contributed by atoms with Crippen LogP contribution in [-0.4, -0.2) is 5.78 Å². The van der Waals surface area contributed by atoms with Gasteiger partial charge in [-0.2, -0.15) is 0 Å². The van der Waals surface area contributed by atoms with E-state index in [2.05, 4.69) is 6.92 Å². The first kappa shape index (κ1) is 9.76. The Labute approximate surface area is 75.5 Å². The van der Waals surface area contributed by atoms with E-state index in [0.717, 1.165) is 24.7 Å². The minimum Gasteiger partial charge on any atom is -0.300 e. The smallest absolute Gasteiger partial charge is 0.129 e. The molecule has 1 aliphatic carbocycles. The second-order valence-electron chi connectivity index (χ2n) is 4.38. The molecule has 0 saturated heterocycles. The van der Waals surface area contributed by atoms with Gasteiger partial charge in [-0.25, -0.2) is 0 Å². The highest BCUT2D eigenvalue weighted by Gasteiger charge is 2.20. The summed E-state index contributed by atoms with van der Waals surface area (Å²) in [6, 6.07) is 0. The van der Waals surface area contributed by atoms with Crippen molar-refractivity contribution < 1.29 is 4.79 Å². The average molecular weight is 168 g/mol. The average Bonchev–Trinajstić information content (AvgIpc) is 2.35. The largest absolute Gasteiger partial charge is 0.300 e. The van der Waals surface area contributed by atoms with Crippen LogP contribution in [0.4, 0.5) is 0 Å². The summed E-state index contributed by atoms with van der Waals surface area (Å²) in [4.78, 5) is 10.7. The summed E-state index contributed by atoms with van der Waals surface area (Å²) in [5, 5.41) is 0. The molecule has 2 unspecified atom stereocenters. The second kappa shape index (κ2) is 4.64. The van der Waals surface area contributed by atoms with Crippen LogP contribution < -0.4 is 0 Å². The van der Waals surface area contributed by atoms with E-state index in [1.807, 2.05) is 0 Å². The van der Waals surface area contributed by atoms with Crippen molar-refractivity contribution in [3.63, 3.8) is 0 Å². The van der Waals surface area contributed by atoms with Crippen molar-refractivity contribution in [3.8, 4) is 0 Å². The molecule has 1 rings (SSSR count). The Morgan fingerprint density at radius 1 is 1.42 bits per heavy atom. The summed E-state index contributed by atoms with van der Waals surface area (Å²) in [7, 11) is 0. The van der Waals surface area contributed by atoms with Gasteiger partial charge in [-0.3, -0.25) is 0 Å². The van der Waals surface area contributed by atoms with E-state index in [-0.39, 0.29) is 0 Å². The van der Waals surface area contributed by atoms with Crippen LogP contribution in [0.1, 0.15) is 52.4 Å². The van der Waals surface area contributed by atoms with Gasteiger partial charge < -0.3 is 4.79 Å². The zero-order valence-electron chi connectivity index (χ0n) is 8.31. The number of carbonyl (C=O) groups excluding carboxylic acids is 1. The van der Waals surface area contributed by atoms with Crippen molar-refractivity contribution in [1.29, 1.82) is 0 Å². The van der Waals surface area contributed by atoms with E-state index < -0.39 is 0 Å². The summed E-state index contributed by atoms with van der Waals surface area (Å²) in [5.41, 5.74) is 0. The first-order valence-electron chi connectivity index (χ1n) is 5.18. The second-order valence-corrected chi connectivity index (χ2v) is 4.38. The maximum Gasteiger partial charge on any atom is 0.129 e. The maximum absolute atomic E-state index is 10.7. The minimum absolute atomic E-state index is 0.348. The van der Waals surface area contributed by atoms with Crippen LogP contribution in [-0.2, 0) is 4.79 Å². The number of hydrogen-bond acceptors (Lipinski definition) is 1. The quantitative estimate of drug-likeness (QED) is 0.630. The van der Waals surface area contributed by atoms with Crippen LogP contribution in [0.2, 0.25) is 0 Å². The lowest BCUT2D eigenvalue weighted by atomic mass is 9.99. The Kier molecular flexibility index (Phi) is 3.77. The predicted molar refractivity (Wildman–Crippen MR) is 51.0 cm³/mol. The summed E-state index contributed by atoms with van der Waals surface area (Å²) in [5.74, 6) is 2.22. The molecule has 0 bridgehead atoms. The number of Topliss-reactive ketones (excluding diaryl/α,β-unsaturated/α-hetero) is 1. The molecule has 2 atom stereocenters. The van der Waals surface area contributed by atoms with Crippen molar-refractivity contribution in [2.75, 3.05) is 0 Å². The zero-order valence-corrected chi connectivity index (χ0v) is 8.31. The fraction of sp³-hybridized carbons (Fsp3) is 0.909. The zero-order chi connectivity index (χ0) is 8.97. The van der Waals surface area contributed by atoms with Gasteiger partial charge in [0.05, 0.1) is 0 Å². The van der Waals surface area contributed by atoms with Gasteiger partial charge in [-0.05, 0) is 31.6 Å². The number of carbonyl (C=O) groups is 1. The number of ketones is 1. The molecule has 0 aromatic heterocycles. The van der Waals surface area contributed by atoms with Crippen LogP contribution in [0.15, 0.2) is 0 Å². The standard InChI is InChI=1S/C11H20O/c1-9-6-7-11(8-9)5-3-4-10(2)12/h9,11H,3-8H2,1-2H3. The molecule has 1 nitrogen and oxygen atoms in total. The topological polar surface area (TPSA) is 17.1 Å². The van der Waals surface area contributed by atoms with E-state index >= 15 is 0 Å². The van der Waals surface area contributed by atoms with Crippen LogP contribution >= 0.6 is 0 Å². The molecule has 1 heteroatoms. The molecule has 1 aliphatic rings. The lowest BCUT2D eigenvalue weighted by Gasteiger charge is -2.07. The lowest BCUT2D eigenvalue weighted by molar-refractivity contribution is -0.117. The Bertz CT molecular complexity index is 151. The van der Waals surface area contributed by atoms with Gasteiger partial charge in [0.1, 0.15) is 5.78 Å². The third kappa shape index (κ3) is 3.38. The fourth-order valence-corrected chi connectivity index (χ4v) is 2.23. The molecule has 12 heavy (non-hydrogen) atoms. The van der Waals surface area contributed by atoms with Crippen molar-refractivity contribution in [2.45, 2.75) is 52.4 Å². The molecule has 0 radical (unpaired) electrons. The predicted octanol–water partition coefficient (Wildman–Crippen LogP) is 3.18. The highest BCUT2D eigenvalue weighted by molar-refractivity contribution is 5.75. The highest BCUT2D eigenvalue weighted by atomic mass is 16.1. The fourth-order valence-electron chi connectivity index (χ4n) is 2.23. The van der Waals surface area contributed by atoms with Crippen LogP contribution in [0.25, 0.3) is 0 Å². The molecule has 0 aliphatic heterocycles. The Balaban J connectivity index is 2.04. The van der Waals surface area contributed by atoms with Gasteiger partial charge in [0.2, 0.25) is 0 Å². The van der Waals surface area contributed by atoms with Crippen LogP contribution in [0.3, 0.4) is 0 Å². The third-order valence-corrected chi connectivity index (χ3v) is 2.94. The first-order valence-corrected chi connectivity index (χ1v) is 5.18. The Hall–Kier alpha value is -0.330. The Morgan fingerprint density at radius 3 is 2.67 bits per heavy atom. The van der Waals surface area contributed by atoms with Crippen molar-refractivity contribution in [2.24, 2.45) is 11.8 Å². The summed E-state index contributed by atoms with van der Waals surface area (Å²) >= 11 is 0. The monoisotopic (exact) mass is 168 g/mol. The van der Waals surface area contributed by atoms with Gasteiger partial charge in [-0.15, -0.1) is 0 Å². The minimum atomic E-state index is 0.348. The lowest BCUT2D eigenvalue weighted by Crippen LogP contribution is -1.97. The summed E-state index contributed by atoms with van der Waals surface area (Å²) in [6.07, 6.45) is 7.41. The SMILES string of the molecule is CC(=O)CCCC1CCC(C)C1. The molecule has 0 N–H and O–H groups in total. The van der Waals surface area contributed by atoms with E-state index in [1.165, 1.54) is 25.7 Å². The van der Waals surface area contributed by atoms with Gasteiger partial charge >= 0.3 is 0 Å². The van der Waals surface area contributed by atoms with Gasteiger partial charge in [0.25, 0.3) is 0 Å². The summed E-state index contributed by atoms with van der Waals surface area (Å²) in [6.45, 7) is 4.03. The van der Waals surface area contributed by atoms with E-state index in [9.17, 15) is 4.79 Å². The van der Waals surface area contributed by atoms with Gasteiger partial charge in [0.15, 0.2) is 0 Å². The molecule has 0 amide bonds. The number of hydrogen-bond donors (Lipinski definition) is 0. The molecule has 0 aromatic rings. The molecule has 0 heterocycles. The van der Waals surface area contributed by atoms with E-state index in [0.29, 0.717) is 5.78 Å². The molecule has 70 valence electrons. The molecule has 0 aromatic carbocycles. The first-order chi connectivity index (χ1) is 5.68. The molecule has 1 fully saturated rings. The number of rotatable bonds is 4. The van der Waals surface area contributed by atoms with Gasteiger partial charge in [0, 0.05) is 6.42 Å². The molecule has 1 saturated carbocycles.